The van der Waals surface area contributed by atoms with Gasteiger partial charge in [-0.05, 0) is 19.1 Å². The number of carboxylic acids is 1. The molecule has 0 bridgehead atoms. The Morgan fingerprint density at radius 3 is 2.65 bits per heavy atom. The van der Waals surface area contributed by atoms with E-state index in [4.69, 9.17) is 5.11 Å². The Bertz CT molecular complexity index is 484. The van der Waals surface area contributed by atoms with E-state index in [2.05, 4.69) is 5.10 Å². The quantitative estimate of drug-likeness (QED) is 0.776. The normalized spacial score (nSPS) is 23.8. The number of para-hydroxylation sites is 1. The van der Waals surface area contributed by atoms with Crippen molar-refractivity contribution in [2.45, 2.75) is 6.92 Å². The summed E-state index contributed by atoms with van der Waals surface area (Å²) in [5.74, 6) is -1.60. The monoisotopic (exact) mass is 232 g/mol. The highest BCUT2D eigenvalue weighted by atomic mass is 16.4. The van der Waals surface area contributed by atoms with Crippen molar-refractivity contribution in [3.05, 3.63) is 30.3 Å². The number of benzene rings is 1. The summed E-state index contributed by atoms with van der Waals surface area (Å²) >= 11 is 0. The number of hydrogen-bond acceptors (Lipinski definition) is 4. The summed E-state index contributed by atoms with van der Waals surface area (Å²) in [5.41, 5.74) is -0.666. The minimum absolute atomic E-state index is 0.0433. The van der Waals surface area contributed by atoms with Crippen LogP contribution in [0.3, 0.4) is 0 Å². The van der Waals surface area contributed by atoms with Crippen LogP contribution < -0.4 is 5.01 Å². The van der Waals surface area contributed by atoms with E-state index < -0.39 is 17.2 Å². The van der Waals surface area contributed by atoms with Gasteiger partial charge in [-0.15, -0.1) is 0 Å². The third kappa shape index (κ3) is 1.91. The average Bonchev–Trinajstić information content (AvgIpc) is 2.33. The molecule has 1 N–H and O–H groups in total. The smallest absolute Gasteiger partial charge is 0.319 e. The van der Waals surface area contributed by atoms with Gasteiger partial charge in [0.25, 0.3) is 0 Å². The van der Waals surface area contributed by atoms with Gasteiger partial charge >= 0.3 is 5.97 Å². The van der Waals surface area contributed by atoms with Crippen LogP contribution in [0, 0.1) is 5.41 Å². The SMILES string of the molecule is CC1(C(=O)O)CN(c2ccccc2)N=CC1=O. The summed E-state index contributed by atoms with van der Waals surface area (Å²) in [4.78, 5) is 22.7. The molecule has 0 radical (unpaired) electrons. The fourth-order valence-electron chi connectivity index (χ4n) is 1.61. The van der Waals surface area contributed by atoms with Crippen LogP contribution in [0.2, 0.25) is 0 Å². The van der Waals surface area contributed by atoms with Gasteiger partial charge in [0.1, 0.15) is 5.41 Å². The number of ketones is 1. The molecule has 1 unspecified atom stereocenters. The lowest BCUT2D eigenvalue weighted by Gasteiger charge is -2.31. The van der Waals surface area contributed by atoms with Crippen molar-refractivity contribution in [2.75, 3.05) is 11.6 Å². The van der Waals surface area contributed by atoms with E-state index in [9.17, 15) is 9.59 Å². The third-order valence-corrected chi connectivity index (χ3v) is 2.85. The van der Waals surface area contributed by atoms with Crippen LogP contribution in [0.4, 0.5) is 5.69 Å². The van der Waals surface area contributed by atoms with Crippen molar-refractivity contribution < 1.29 is 14.7 Å². The molecule has 1 atom stereocenters. The molecule has 1 aromatic rings. The van der Waals surface area contributed by atoms with Crippen molar-refractivity contribution in [1.29, 1.82) is 0 Å². The van der Waals surface area contributed by atoms with Crippen LogP contribution in [-0.4, -0.2) is 29.6 Å². The second-order valence-corrected chi connectivity index (χ2v) is 4.14. The Kier molecular flexibility index (Phi) is 2.67. The molecule has 2 rings (SSSR count). The van der Waals surface area contributed by atoms with Gasteiger partial charge in [0.15, 0.2) is 5.78 Å². The maximum Gasteiger partial charge on any atom is 0.319 e. The van der Waals surface area contributed by atoms with E-state index in [1.165, 1.54) is 11.9 Å². The maximum atomic E-state index is 11.6. The standard InChI is InChI=1S/C12H12N2O3/c1-12(11(16)17)8-14(13-7-10(12)15)9-5-3-2-4-6-9/h2-7H,8H2,1H3,(H,16,17). The molecule has 0 aliphatic carbocycles. The minimum atomic E-state index is -1.43. The molecule has 0 amide bonds. The first-order valence-electron chi connectivity index (χ1n) is 5.18. The first-order chi connectivity index (χ1) is 8.04. The van der Waals surface area contributed by atoms with Crippen molar-refractivity contribution in [2.24, 2.45) is 10.5 Å². The van der Waals surface area contributed by atoms with Crippen LogP contribution in [0.15, 0.2) is 35.4 Å². The topological polar surface area (TPSA) is 70.0 Å². The zero-order valence-corrected chi connectivity index (χ0v) is 9.33. The number of carboxylic acid groups (broad SMARTS) is 1. The largest absolute Gasteiger partial charge is 0.480 e. The molecule has 17 heavy (non-hydrogen) atoms. The lowest BCUT2D eigenvalue weighted by molar-refractivity contribution is -0.151. The fourth-order valence-corrected chi connectivity index (χ4v) is 1.61. The highest BCUT2D eigenvalue weighted by Crippen LogP contribution is 2.26. The number of hydrazone groups is 1. The molecular weight excluding hydrogens is 220 g/mol. The summed E-state index contributed by atoms with van der Waals surface area (Å²) in [7, 11) is 0. The molecule has 1 heterocycles. The van der Waals surface area contributed by atoms with E-state index in [0.29, 0.717) is 0 Å². The average molecular weight is 232 g/mol. The van der Waals surface area contributed by atoms with E-state index in [0.717, 1.165) is 11.9 Å². The van der Waals surface area contributed by atoms with E-state index in [1.807, 2.05) is 30.3 Å². The molecule has 0 spiro atoms. The number of nitrogens with zero attached hydrogens (tertiary/aromatic N) is 2. The molecule has 0 fully saturated rings. The van der Waals surface area contributed by atoms with Crippen LogP contribution >= 0.6 is 0 Å². The van der Waals surface area contributed by atoms with Gasteiger partial charge in [-0.1, -0.05) is 18.2 Å². The Morgan fingerprint density at radius 2 is 2.06 bits per heavy atom. The number of carbonyl (C=O) groups is 2. The molecule has 5 nitrogen and oxygen atoms in total. The number of hydrogen-bond donors (Lipinski definition) is 1. The van der Waals surface area contributed by atoms with Gasteiger partial charge in [0, 0.05) is 0 Å². The van der Waals surface area contributed by atoms with Crippen molar-refractivity contribution in [3.8, 4) is 0 Å². The highest BCUT2D eigenvalue weighted by molar-refractivity contribution is 6.35. The zero-order chi connectivity index (χ0) is 12.5. The van der Waals surface area contributed by atoms with Crippen LogP contribution in [0.1, 0.15) is 6.92 Å². The molecule has 0 saturated heterocycles. The predicted molar refractivity (Wildman–Crippen MR) is 63.0 cm³/mol. The van der Waals surface area contributed by atoms with E-state index >= 15 is 0 Å². The first kappa shape index (κ1) is 11.3. The summed E-state index contributed by atoms with van der Waals surface area (Å²) < 4.78 is 0. The molecule has 1 aromatic carbocycles. The lowest BCUT2D eigenvalue weighted by atomic mass is 9.85. The van der Waals surface area contributed by atoms with Crippen LogP contribution in [-0.2, 0) is 9.59 Å². The fraction of sp³-hybridized carbons (Fsp3) is 0.250. The van der Waals surface area contributed by atoms with Gasteiger partial charge in [0.2, 0.25) is 0 Å². The highest BCUT2D eigenvalue weighted by Gasteiger charge is 2.44. The van der Waals surface area contributed by atoms with Gasteiger partial charge in [-0.25, -0.2) is 0 Å². The number of rotatable bonds is 2. The summed E-state index contributed by atoms with van der Waals surface area (Å²) in [6.45, 7) is 1.46. The van der Waals surface area contributed by atoms with Gasteiger partial charge in [-0.3, -0.25) is 14.6 Å². The van der Waals surface area contributed by atoms with Gasteiger partial charge in [-0.2, -0.15) is 5.10 Å². The lowest BCUT2D eigenvalue weighted by Crippen LogP contribution is -2.49. The maximum absolute atomic E-state index is 11.6. The summed E-state index contributed by atoms with van der Waals surface area (Å²) in [6.07, 6.45) is 1.07. The molecule has 0 saturated carbocycles. The van der Waals surface area contributed by atoms with Crippen molar-refractivity contribution in [3.63, 3.8) is 0 Å². The second kappa shape index (κ2) is 4.01. The number of carbonyl (C=O) groups excluding carboxylic acids is 1. The first-order valence-corrected chi connectivity index (χ1v) is 5.18. The Labute approximate surface area is 98.4 Å². The number of anilines is 1. The second-order valence-electron chi connectivity index (χ2n) is 4.14. The van der Waals surface area contributed by atoms with Gasteiger partial charge in [0.05, 0.1) is 18.4 Å². The molecule has 1 aliphatic heterocycles. The predicted octanol–water partition coefficient (Wildman–Crippen LogP) is 1.15. The molecular formula is C12H12N2O3. The van der Waals surface area contributed by atoms with Crippen molar-refractivity contribution in [1.82, 2.24) is 0 Å². The third-order valence-electron chi connectivity index (χ3n) is 2.85. The zero-order valence-electron chi connectivity index (χ0n) is 9.33. The van der Waals surface area contributed by atoms with Crippen LogP contribution in [0.25, 0.3) is 0 Å². The van der Waals surface area contributed by atoms with E-state index in [1.54, 1.807) is 0 Å². The van der Waals surface area contributed by atoms with E-state index in [-0.39, 0.29) is 6.54 Å². The van der Waals surface area contributed by atoms with Crippen LogP contribution in [0.5, 0.6) is 0 Å². The summed E-state index contributed by atoms with van der Waals surface area (Å²) in [5, 5.41) is 14.6. The number of aliphatic carboxylic acids is 1. The molecule has 5 heteroatoms. The van der Waals surface area contributed by atoms with Gasteiger partial charge < -0.3 is 5.11 Å². The molecule has 1 aliphatic rings. The van der Waals surface area contributed by atoms with Crippen molar-refractivity contribution >= 4 is 23.7 Å². The summed E-state index contributed by atoms with van der Waals surface area (Å²) in [6, 6.07) is 9.16. The minimum Gasteiger partial charge on any atom is -0.480 e. The Morgan fingerprint density at radius 1 is 1.41 bits per heavy atom. The number of Topliss-reactive ketones (excluding diaryl/α,β-unsaturated/α-hetero) is 1. The Hall–Kier alpha value is -2.17. The molecule has 0 aromatic heterocycles. The molecule has 88 valence electrons. The Balaban J connectivity index is 2.34.